The lowest BCUT2D eigenvalue weighted by molar-refractivity contribution is 0.324. The van der Waals surface area contributed by atoms with Crippen LogP contribution in [0.5, 0.6) is 17.2 Å². The molecule has 1 heterocycles. The Morgan fingerprint density at radius 3 is 2.21 bits per heavy atom. The predicted molar refractivity (Wildman–Crippen MR) is 129 cm³/mol. The molecule has 9 heteroatoms. The molecule has 4 rings (SSSR count). The summed E-state index contributed by atoms with van der Waals surface area (Å²) in [7, 11) is 4.64. The van der Waals surface area contributed by atoms with E-state index in [0.717, 1.165) is 31.2 Å². The fourth-order valence-corrected chi connectivity index (χ4v) is 4.95. The molecule has 34 heavy (non-hydrogen) atoms. The van der Waals surface area contributed by atoms with Gasteiger partial charge in [-0.05, 0) is 37.1 Å². The quantitative estimate of drug-likeness (QED) is 0.406. The third-order valence-corrected chi connectivity index (χ3v) is 6.65. The van der Waals surface area contributed by atoms with Gasteiger partial charge in [0.05, 0.1) is 44.8 Å². The molecule has 3 aromatic rings. The van der Waals surface area contributed by atoms with Gasteiger partial charge in [0, 0.05) is 10.9 Å². The van der Waals surface area contributed by atoms with Crippen molar-refractivity contribution in [3.05, 3.63) is 57.7 Å². The van der Waals surface area contributed by atoms with Crippen molar-refractivity contribution in [1.29, 1.82) is 0 Å². The number of ether oxygens (including phenoxy) is 3. The Bertz CT molecular complexity index is 1200. The van der Waals surface area contributed by atoms with E-state index >= 15 is 0 Å². The van der Waals surface area contributed by atoms with Gasteiger partial charge in [0.15, 0.2) is 11.5 Å². The summed E-state index contributed by atoms with van der Waals surface area (Å²) >= 11 is 1.43. The van der Waals surface area contributed by atoms with Gasteiger partial charge in [0.1, 0.15) is 11.6 Å². The normalized spacial score (nSPS) is 15.1. The van der Waals surface area contributed by atoms with Crippen LogP contribution in [0, 0.1) is 11.6 Å². The van der Waals surface area contributed by atoms with Crippen LogP contribution in [-0.4, -0.2) is 38.3 Å². The number of thiazole rings is 1. The highest BCUT2D eigenvalue weighted by Gasteiger charge is 2.18. The molecular formula is C25H27F2N3O3S. The van der Waals surface area contributed by atoms with Crippen molar-refractivity contribution in [2.24, 2.45) is 10.1 Å². The predicted octanol–water partition coefficient (Wildman–Crippen LogP) is 5.64. The third-order valence-electron chi connectivity index (χ3n) is 5.82. The molecule has 1 fully saturated rings. The summed E-state index contributed by atoms with van der Waals surface area (Å²) in [5, 5.41) is 6.38. The van der Waals surface area contributed by atoms with Crippen molar-refractivity contribution in [2.75, 3.05) is 21.3 Å². The average Bonchev–Trinajstić information content (AvgIpc) is 3.25. The van der Waals surface area contributed by atoms with Crippen LogP contribution in [-0.2, 0) is 0 Å². The molecule has 180 valence electrons. The highest BCUT2D eigenvalue weighted by molar-refractivity contribution is 7.07. The van der Waals surface area contributed by atoms with E-state index in [4.69, 9.17) is 19.2 Å². The van der Waals surface area contributed by atoms with Gasteiger partial charge in [-0.15, -0.1) is 11.3 Å². The van der Waals surface area contributed by atoms with Crippen LogP contribution in [0.2, 0.25) is 0 Å². The average molecular weight is 488 g/mol. The number of hydrogen-bond acceptors (Lipinski definition) is 6. The van der Waals surface area contributed by atoms with Crippen LogP contribution in [0.15, 0.2) is 45.8 Å². The van der Waals surface area contributed by atoms with E-state index in [1.54, 1.807) is 26.0 Å². The second kappa shape index (κ2) is 10.8. The molecule has 0 spiro atoms. The first-order chi connectivity index (χ1) is 16.5. The fourth-order valence-electron chi connectivity index (χ4n) is 4.04. The summed E-state index contributed by atoms with van der Waals surface area (Å²) in [6.45, 7) is 0. The molecule has 0 N–H and O–H groups in total. The van der Waals surface area contributed by atoms with Gasteiger partial charge in [-0.3, -0.25) is 4.99 Å². The van der Waals surface area contributed by atoms with Crippen molar-refractivity contribution in [2.45, 2.75) is 38.1 Å². The molecule has 0 amide bonds. The van der Waals surface area contributed by atoms with E-state index in [2.05, 4.69) is 5.10 Å². The maximum Gasteiger partial charge on any atom is 0.206 e. The molecule has 1 saturated carbocycles. The SMILES string of the molecule is COc1cc(-c2csc(=NC3CCCCC3)n2N=Cc2c(F)cccc2F)cc(OC)c1OC. The van der Waals surface area contributed by atoms with E-state index in [9.17, 15) is 8.78 Å². The molecule has 0 saturated heterocycles. The summed E-state index contributed by atoms with van der Waals surface area (Å²) in [5.74, 6) is 0.0907. The van der Waals surface area contributed by atoms with Crippen molar-refractivity contribution < 1.29 is 23.0 Å². The number of methoxy groups -OCH3 is 3. The van der Waals surface area contributed by atoms with Gasteiger partial charge in [0.25, 0.3) is 0 Å². The van der Waals surface area contributed by atoms with Crippen LogP contribution in [0.1, 0.15) is 37.7 Å². The van der Waals surface area contributed by atoms with E-state index in [1.165, 1.54) is 42.2 Å². The number of hydrogen-bond donors (Lipinski definition) is 0. The summed E-state index contributed by atoms with van der Waals surface area (Å²) in [5.41, 5.74) is 1.22. The van der Waals surface area contributed by atoms with Gasteiger partial charge < -0.3 is 14.2 Å². The fraction of sp³-hybridized carbons (Fsp3) is 0.360. The number of nitrogens with zero attached hydrogens (tertiary/aromatic N) is 3. The lowest BCUT2D eigenvalue weighted by Crippen LogP contribution is -2.19. The lowest BCUT2D eigenvalue weighted by Gasteiger charge is -2.17. The van der Waals surface area contributed by atoms with E-state index in [1.807, 2.05) is 17.5 Å². The van der Waals surface area contributed by atoms with Crippen LogP contribution in [0.3, 0.4) is 0 Å². The number of halogens is 2. The van der Waals surface area contributed by atoms with Gasteiger partial charge in [-0.1, -0.05) is 25.3 Å². The molecule has 0 radical (unpaired) electrons. The molecule has 0 aliphatic heterocycles. The first-order valence-electron chi connectivity index (χ1n) is 11.1. The second-order valence-corrected chi connectivity index (χ2v) is 8.77. The third kappa shape index (κ3) is 4.99. The highest BCUT2D eigenvalue weighted by atomic mass is 32.1. The standard InChI is InChI=1S/C25H27F2N3O3S/c1-31-22-12-16(13-23(32-2)24(22)33-3)21-15-34-25(29-17-8-5-4-6-9-17)30(21)28-14-18-19(26)10-7-11-20(18)27/h7,10-15,17H,4-6,8-9H2,1-3H3. The molecule has 0 atom stereocenters. The van der Waals surface area contributed by atoms with Crippen molar-refractivity contribution in [3.63, 3.8) is 0 Å². The van der Waals surface area contributed by atoms with Crippen LogP contribution < -0.4 is 19.0 Å². The minimum absolute atomic E-state index is 0.201. The van der Waals surface area contributed by atoms with E-state index in [0.29, 0.717) is 27.7 Å². The second-order valence-electron chi connectivity index (χ2n) is 7.93. The Balaban J connectivity index is 1.87. The van der Waals surface area contributed by atoms with Crippen LogP contribution in [0.25, 0.3) is 11.3 Å². The molecule has 2 aromatic carbocycles. The van der Waals surface area contributed by atoms with Crippen LogP contribution >= 0.6 is 11.3 Å². The number of benzene rings is 2. The van der Waals surface area contributed by atoms with Gasteiger partial charge >= 0.3 is 0 Å². The van der Waals surface area contributed by atoms with Gasteiger partial charge in [0.2, 0.25) is 10.6 Å². The molecule has 6 nitrogen and oxygen atoms in total. The van der Waals surface area contributed by atoms with E-state index in [-0.39, 0.29) is 11.6 Å². The maximum absolute atomic E-state index is 14.2. The summed E-state index contributed by atoms with van der Waals surface area (Å²) in [4.78, 5) is 5.59. The topological polar surface area (TPSA) is 57.3 Å². The largest absolute Gasteiger partial charge is 0.493 e. The molecule has 0 unspecified atom stereocenters. The smallest absolute Gasteiger partial charge is 0.206 e. The minimum Gasteiger partial charge on any atom is -0.493 e. The van der Waals surface area contributed by atoms with Gasteiger partial charge in [-0.2, -0.15) is 5.10 Å². The molecule has 1 aliphatic carbocycles. The van der Waals surface area contributed by atoms with Crippen molar-refractivity contribution in [1.82, 2.24) is 4.68 Å². The molecule has 1 aliphatic rings. The van der Waals surface area contributed by atoms with Crippen molar-refractivity contribution in [3.8, 4) is 28.5 Å². The zero-order valence-electron chi connectivity index (χ0n) is 19.4. The Labute approximate surface area is 201 Å². The Kier molecular flexibility index (Phi) is 7.62. The first kappa shape index (κ1) is 23.9. The monoisotopic (exact) mass is 487 g/mol. The summed E-state index contributed by atoms with van der Waals surface area (Å²) in [6, 6.07) is 7.55. The van der Waals surface area contributed by atoms with E-state index < -0.39 is 11.6 Å². The Morgan fingerprint density at radius 2 is 1.62 bits per heavy atom. The summed E-state index contributed by atoms with van der Waals surface area (Å²) < 4.78 is 46.5. The molecule has 0 bridgehead atoms. The first-order valence-corrected chi connectivity index (χ1v) is 12.0. The lowest BCUT2D eigenvalue weighted by atomic mass is 9.96. The Morgan fingerprint density at radius 1 is 0.971 bits per heavy atom. The van der Waals surface area contributed by atoms with Crippen molar-refractivity contribution >= 4 is 17.6 Å². The summed E-state index contributed by atoms with van der Waals surface area (Å²) in [6.07, 6.45) is 6.73. The highest BCUT2D eigenvalue weighted by Crippen LogP contribution is 2.41. The maximum atomic E-state index is 14.2. The molecule has 1 aromatic heterocycles. The Hall–Kier alpha value is -3.20. The zero-order valence-corrected chi connectivity index (χ0v) is 20.2. The number of aromatic nitrogens is 1. The minimum atomic E-state index is -0.681. The van der Waals surface area contributed by atoms with Gasteiger partial charge in [-0.25, -0.2) is 13.5 Å². The number of rotatable bonds is 7. The molecular weight excluding hydrogens is 460 g/mol. The van der Waals surface area contributed by atoms with Crippen LogP contribution in [0.4, 0.5) is 8.78 Å². The zero-order chi connectivity index (χ0) is 24.1.